The molecule has 0 spiro atoms. The van der Waals surface area contributed by atoms with Crippen molar-refractivity contribution in [1.29, 1.82) is 0 Å². The first-order chi connectivity index (χ1) is 13.5. The minimum absolute atomic E-state index is 0.0259. The number of fused-ring (bicyclic) bond motifs is 1. The first kappa shape index (κ1) is 22.7. The third-order valence-electron chi connectivity index (χ3n) is 5.47. The number of rotatable bonds is 3. The van der Waals surface area contributed by atoms with Crippen molar-refractivity contribution in [1.82, 2.24) is 9.80 Å². The smallest absolute Gasteiger partial charge is 0.480 e. The first-order valence-electron chi connectivity index (χ1n) is 9.04. The van der Waals surface area contributed by atoms with Crippen LogP contribution in [0.2, 0.25) is 0 Å². The molecule has 2 aliphatic rings. The molecule has 7 nitrogen and oxygen atoms in total. The summed E-state index contributed by atoms with van der Waals surface area (Å²) in [4.78, 5) is 35.8. The van der Waals surface area contributed by atoms with Gasteiger partial charge in [-0.25, -0.2) is 4.79 Å². The topological polar surface area (TPSA) is 98.2 Å². The third kappa shape index (κ3) is 5.26. The second kappa shape index (κ2) is 8.81. The molecule has 2 aliphatic heterocycles. The number of halogens is 3. The van der Waals surface area contributed by atoms with Gasteiger partial charge < -0.3 is 15.1 Å². The minimum Gasteiger partial charge on any atom is -0.480 e. The quantitative estimate of drug-likeness (QED) is 0.782. The van der Waals surface area contributed by atoms with Gasteiger partial charge in [0, 0.05) is 25.4 Å². The Kier molecular flexibility index (Phi) is 6.89. The van der Waals surface area contributed by atoms with E-state index in [-0.39, 0.29) is 23.9 Å². The van der Waals surface area contributed by atoms with Crippen molar-refractivity contribution >= 4 is 17.8 Å². The zero-order valence-electron chi connectivity index (χ0n) is 15.9. The molecule has 1 amide bonds. The molecular weight excluding hydrogens is 393 g/mol. The standard InChI is InChI=1S/C17H22N2O3.C2HF3O2/c1-13(20)19-10-8-17(14-5-3-2-4-6-14)7-9-18(11-15(17)19)12-16(21)22;3-2(4,5)1(6)7/h2-6,15H,7-12H2,1H3,(H,21,22);(H,6,7). The van der Waals surface area contributed by atoms with Crippen LogP contribution < -0.4 is 0 Å². The molecule has 0 aromatic heterocycles. The van der Waals surface area contributed by atoms with Crippen molar-refractivity contribution in [2.24, 2.45) is 0 Å². The van der Waals surface area contributed by atoms with Crippen molar-refractivity contribution in [3.8, 4) is 0 Å². The lowest BCUT2D eigenvalue weighted by Crippen LogP contribution is -2.57. The van der Waals surface area contributed by atoms with E-state index in [1.165, 1.54) is 5.56 Å². The highest BCUT2D eigenvalue weighted by Crippen LogP contribution is 2.45. The second-order valence-electron chi connectivity index (χ2n) is 7.18. The zero-order valence-corrected chi connectivity index (χ0v) is 15.9. The number of carboxylic acids is 2. The molecule has 1 aromatic carbocycles. The van der Waals surface area contributed by atoms with Gasteiger partial charge in [0.05, 0.1) is 12.6 Å². The Balaban J connectivity index is 0.000000370. The molecule has 10 heteroatoms. The van der Waals surface area contributed by atoms with Crippen molar-refractivity contribution in [3.63, 3.8) is 0 Å². The van der Waals surface area contributed by atoms with Crippen LogP contribution in [0.3, 0.4) is 0 Å². The van der Waals surface area contributed by atoms with Crippen LogP contribution in [0.25, 0.3) is 0 Å². The number of nitrogens with zero attached hydrogens (tertiary/aromatic N) is 2. The molecule has 0 bridgehead atoms. The van der Waals surface area contributed by atoms with E-state index in [4.69, 9.17) is 15.0 Å². The van der Waals surface area contributed by atoms with Crippen LogP contribution in [0.5, 0.6) is 0 Å². The molecule has 0 radical (unpaired) electrons. The monoisotopic (exact) mass is 416 g/mol. The third-order valence-corrected chi connectivity index (χ3v) is 5.47. The van der Waals surface area contributed by atoms with Crippen molar-refractivity contribution in [2.45, 2.75) is 37.4 Å². The SMILES string of the molecule is CC(=O)N1CCC2(c3ccccc3)CCN(CC(=O)O)CC12.O=C(O)C(F)(F)F. The van der Waals surface area contributed by atoms with E-state index in [1.54, 1.807) is 6.92 Å². The summed E-state index contributed by atoms with van der Waals surface area (Å²) in [7, 11) is 0. The molecule has 160 valence electrons. The molecule has 2 fully saturated rings. The van der Waals surface area contributed by atoms with Crippen molar-refractivity contribution in [2.75, 3.05) is 26.2 Å². The summed E-state index contributed by atoms with van der Waals surface area (Å²) in [5.74, 6) is -3.48. The number of carbonyl (C=O) groups excluding carboxylic acids is 1. The molecule has 0 saturated carbocycles. The highest BCUT2D eigenvalue weighted by Gasteiger charge is 2.52. The highest BCUT2D eigenvalue weighted by atomic mass is 19.4. The molecule has 0 aliphatic carbocycles. The number of likely N-dealkylation sites (tertiary alicyclic amines) is 2. The minimum atomic E-state index is -5.08. The highest BCUT2D eigenvalue weighted by molar-refractivity contribution is 5.75. The summed E-state index contributed by atoms with van der Waals surface area (Å²) in [6, 6.07) is 10.4. The molecule has 29 heavy (non-hydrogen) atoms. The summed E-state index contributed by atoms with van der Waals surface area (Å²) in [6.07, 6.45) is -3.22. The van der Waals surface area contributed by atoms with Gasteiger partial charge >= 0.3 is 18.1 Å². The van der Waals surface area contributed by atoms with E-state index in [0.717, 1.165) is 25.9 Å². The Hall–Kier alpha value is -2.62. The van der Waals surface area contributed by atoms with Crippen LogP contribution in [0, 0.1) is 0 Å². The summed E-state index contributed by atoms with van der Waals surface area (Å²) < 4.78 is 31.7. The van der Waals surface area contributed by atoms with E-state index >= 15 is 0 Å². The number of piperidine rings is 1. The number of hydrogen-bond acceptors (Lipinski definition) is 4. The molecular formula is C19H23F3N2O5. The number of aliphatic carboxylic acids is 2. The normalized spacial score (nSPS) is 24.3. The Morgan fingerprint density at radius 1 is 1.10 bits per heavy atom. The average molecular weight is 416 g/mol. The lowest BCUT2D eigenvalue weighted by molar-refractivity contribution is -0.192. The van der Waals surface area contributed by atoms with Gasteiger partial charge in [0.25, 0.3) is 0 Å². The fourth-order valence-electron chi connectivity index (χ4n) is 4.16. The number of hydrogen-bond donors (Lipinski definition) is 2. The molecule has 3 rings (SSSR count). The fraction of sp³-hybridized carbons (Fsp3) is 0.526. The predicted molar refractivity (Wildman–Crippen MR) is 96.3 cm³/mol. The lowest BCUT2D eigenvalue weighted by Gasteiger charge is -2.46. The van der Waals surface area contributed by atoms with Gasteiger partial charge in [-0.15, -0.1) is 0 Å². The largest absolute Gasteiger partial charge is 0.490 e. The molecule has 1 aromatic rings. The van der Waals surface area contributed by atoms with Gasteiger partial charge in [0.1, 0.15) is 0 Å². The number of carbonyl (C=O) groups is 3. The van der Waals surface area contributed by atoms with Crippen LogP contribution in [-0.2, 0) is 19.8 Å². The number of alkyl halides is 3. The van der Waals surface area contributed by atoms with Crippen LogP contribution >= 0.6 is 0 Å². The van der Waals surface area contributed by atoms with Crippen molar-refractivity contribution < 1.29 is 37.8 Å². The van der Waals surface area contributed by atoms with Gasteiger partial charge in [-0.3, -0.25) is 14.5 Å². The molecule has 2 saturated heterocycles. The Morgan fingerprint density at radius 3 is 2.14 bits per heavy atom. The fourth-order valence-corrected chi connectivity index (χ4v) is 4.16. The number of amides is 1. The average Bonchev–Trinajstić information content (AvgIpc) is 3.02. The predicted octanol–water partition coefficient (Wildman–Crippen LogP) is 1.97. The van der Waals surface area contributed by atoms with Crippen LogP contribution in [0.4, 0.5) is 13.2 Å². The van der Waals surface area contributed by atoms with E-state index < -0.39 is 18.1 Å². The zero-order chi connectivity index (χ0) is 21.8. The van der Waals surface area contributed by atoms with E-state index in [0.29, 0.717) is 6.54 Å². The maximum Gasteiger partial charge on any atom is 0.490 e. The Morgan fingerprint density at radius 2 is 1.66 bits per heavy atom. The molecule has 2 heterocycles. The van der Waals surface area contributed by atoms with E-state index in [2.05, 4.69) is 12.1 Å². The molecule has 2 unspecified atom stereocenters. The van der Waals surface area contributed by atoms with E-state index in [1.807, 2.05) is 28.0 Å². The second-order valence-corrected chi connectivity index (χ2v) is 7.18. The van der Waals surface area contributed by atoms with Gasteiger partial charge in [0.15, 0.2) is 0 Å². The van der Waals surface area contributed by atoms with E-state index in [9.17, 15) is 22.8 Å². The van der Waals surface area contributed by atoms with Crippen molar-refractivity contribution in [3.05, 3.63) is 35.9 Å². The van der Waals surface area contributed by atoms with Crippen LogP contribution in [0.1, 0.15) is 25.3 Å². The van der Waals surface area contributed by atoms with Gasteiger partial charge in [-0.05, 0) is 24.9 Å². The van der Waals surface area contributed by atoms with Gasteiger partial charge in [0.2, 0.25) is 5.91 Å². The van der Waals surface area contributed by atoms with Crippen LogP contribution in [-0.4, -0.2) is 76.3 Å². The number of benzene rings is 1. The van der Waals surface area contributed by atoms with Gasteiger partial charge in [-0.1, -0.05) is 30.3 Å². The summed E-state index contributed by atoms with van der Waals surface area (Å²) in [5, 5.41) is 16.2. The number of carboxylic acid groups (broad SMARTS) is 2. The molecule has 2 N–H and O–H groups in total. The summed E-state index contributed by atoms with van der Waals surface area (Å²) in [6.45, 7) is 3.82. The summed E-state index contributed by atoms with van der Waals surface area (Å²) >= 11 is 0. The Labute approximate surface area is 165 Å². The molecule has 2 atom stereocenters. The maximum absolute atomic E-state index is 12.0. The lowest BCUT2D eigenvalue weighted by atomic mass is 9.69. The van der Waals surface area contributed by atoms with Gasteiger partial charge in [-0.2, -0.15) is 13.2 Å². The Bertz CT molecular complexity index is 756. The first-order valence-corrected chi connectivity index (χ1v) is 9.04. The maximum atomic E-state index is 12.0. The van der Waals surface area contributed by atoms with Crippen LogP contribution in [0.15, 0.2) is 30.3 Å². The summed E-state index contributed by atoms with van der Waals surface area (Å²) in [5.41, 5.74) is 1.25.